The van der Waals surface area contributed by atoms with Crippen LogP contribution in [0.2, 0.25) is 0 Å². The largest absolute Gasteiger partial charge is 0.356 e. The topological polar surface area (TPSA) is 58.1 Å². The van der Waals surface area contributed by atoms with Crippen molar-refractivity contribution >= 4 is 50.7 Å². The summed E-state index contributed by atoms with van der Waals surface area (Å²) in [4.78, 5) is 27.6. The maximum atomic E-state index is 13.3. The number of carbonyl (C=O) groups excluding carboxylic acids is 1. The molecule has 0 saturated carbocycles. The predicted molar refractivity (Wildman–Crippen MR) is 119 cm³/mol. The van der Waals surface area contributed by atoms with E-state index in [9.17, 15) is 4.79 Å². The van der Waals surface area contributed by atoms with Crippen molar-refractivity contribution in [3.05, 3.63) is 41.0 Å². The van der Waals surface area contributed by atoms with Crippen LogP contribution in [0, 0.1) is 12.8 Å². The molecule has 0 spiro atoms. The first-order valence-electron chi connectivity index (χ1n) is 9.52. The second kappa shape index (κ2) is 8.09. The van der Waals surface area contributed by atoms with Gasteiger partial charge in [0, 0.05) is 22.9 Å². The molecule has 1 aromatic carbocycles. The van der Waals surface area contributed by atoms with E-state index < -0.39 is 0 Å². The molecule has 0 bridgehead atoms. The Balaban J connectivity index is 1.76. The molecule has 0 aliphatic carbocycles. The Bertz CT molecular complexity index is 1020. The number of hydrogen-bond donors (Lipinski definition) is 1. The van der Waals surface area contributed by atoms with Crippen molar-refractivity contribution in [2.75, 3.05) is 29.6 Å². The number of carbonyl (C=O) groups is 1. The molecule has 146 valence electrons. The number of piperidine rings is 1. The third kappa shape index (κ3) is 3.61. The number of nitrogens with one attached hydrogen (secondary N) is 1. The third-order valence-corrected chi connectivity index (χ3v) is 6.99. The highest BCUT2D eigenvalue weighted by atomic mass is 32.2. The van der Waals surface area contributed by atoms with Gasteiger partial charge in [-0.1, -0.05) is 19.1 Å². The van der Waals surface area contributed by atoms with E-state index in [0.717, 1.165) is 51.0 Å². The SMILES string of the molecule is CSc1ccccc1NC(=O)c1c(C)sc2ncnc(N3CCCC(C)C3)c12. The van der Waals surface area contributed by atoms with Gasteiger partial charge in [0.1, 0.15) is 17.0 Å². The van der Waals surface area contributed by atoms with Gasteiger partial charge >= 0.3 is 0 Å². The summed E-state index contributed by atoms with van der Waals surface area (Å²) in [7, 11) is 0. The molecule has 5 nitrogen and oxygen atoms in total. The van der Waals surface area contributed by atoms with E-state index in [2.05, 4.69) is 27.1 Å². The third-order valence-electron chi connectivity index (χ3n) is 5.18. The van der Waals surface area contributed by atoms with Crippen LogP contribution in [-0.4, -0.2) is 35.2 Å². The van der Waals surface area contributed by atoms with Gasteiger partial charge in [0.15, 0.2) is 0 Å². The van der Waals surface area contributed by atoms with Gasteiger partial charge in [-0.2, -0.15) is 0 Å². The molecule has 3 aromatic rings. The minimum absolute atomic E-state index is 0.0913. The number of thioether (sulfide) groups is 1. The summed E-state index contributed by atoms with van der Waals surface area (Å²) in [5, 5.41) is 4.00. The van der Waals surface area contributed by atoms with Gasteiger partial charge in [0.2, 0.25) is 0 Å². The van der Waals surface area contributed by atoms with E-state index in [1.54, 1.807) is 29.4 Å². The Labute approximate surface area is 173 Å². The number of benzene rings is 1. The molecule has 28 heavy (non-hydrogen) atoms. The molecule has 3 heterocycles. The lowest BCUT2D eigenvalue weighted by Crippen LogP contribution is -2.35. The second-order valence-corrected chi connectivity index (χ2v) is 9.31. The standard InChI is InChI=1S/C21H24N4OS2/c1-13-7-6-10-25(11-13)19-18-17(14(2)28-21(18)23-12-22-19)20(26)24-15-8-4-5-9-16(15)27-3/h4-5,8-9,12-13H,6-7,10-11H2,1-3H3,(H,24,26). The van der Waals surface area contributed by atoms with Crippen LogP contribution in [0.4, 0.5) is 11.5 Å². The van der Waals surface area contributed by atoms with Gasteiger partial charge < -0.3 is 10.2 Å². The van der Waals surface area contributed by atoms with E-state index in [-0.39, 0.29) is 5.91 Å². The minimum atomic E-state index is -0.0913. The van der Waals surface area contributed by atoms with Crippen molar-refractivity contribution in [2.24, 2.45) is 5.92 Å². The van der Waals surface area contributed by atoms with E-state index >= 15 is 0 Å². The average Bonchev–Trinajstić information content (AvgIpc) is 3.04. The zero-order valence-corrected chi connectivity index (χ0v) is 18.0. The molecule has 7 heteroatoms. The zero-order valence-electron chi connectivity index (χ0n) is 16.4. The second-order valence-electron chi connectivity index (χ2n) is 7.26. The summed E-state index contributed by atoms with van der Waals surface area (Å²) in [6, 6.07) is 7.88. The van der Waals surface area contributed by atoms with Gasteiger partial charge in [-0.25, -0.2) is 9.97 Å². The fourth-order valence-electron chi connectivity index (χ4n) is 3.86. The molecule has 1 unspecified atom stereocenters. The van der Waals surface area contributed by atoms with Crippen molar-refractivity contribution < 1.29 is 4.79 Å². The van der Waals surface area contributed by atoms with Gasteiger partial charge in [0.05, 0.1) is 16.6 Å². The first-order chi connectivity index (χ1) is 13.6. The van der Waals surface area contributed by atoms with E-state index in [0.29, 0.717) is 11.5 Å². The first-order valence-corrected chi connectivity index (χ1v) is 11.6. The van der Waals surface area contributed by atoms with E-state index in [4.69, 9.17) is 0 Å². The van der Waals surface area contributed by atoms with Crippen LogP contribution < -0.4 is 10.2 Å². The van der Waals surface area contributed by atoms with Crippen LogP contribution in [0.15, 0.2) is 35.5 Å². The lowest BCUT2D eigenvalue weighted by atomic mass is 10.00. The highest BCUT2D eigenvalue weighted by Gasteiger charge is 2.26. The number of fused-ring (bicyclic) bond motifs is 1. The van der Waals surface area contributed by atoms with Crippen molar-refractivity contribution in [2.45, 2.75) is 31.6 Å². The highest BCUT2D eigenvalue weighted by molar-refractivity contribution is 7.98. The molecular weight excluding hydrogens is 388 g/mol. The summed E-state index contributed by atoms with van der Waals surface area (Å²) in [5.41, 5.74) is 1.54. The number of thiophene rings is 1. The molecular formula is C21H24N4OS2. The summed E-state index contributed by atoms with van der Waals surface area (Å²) in [6.07, 6.45) is 6.03. The molecule has 1 N–H and O–H groups in total. The number of aromatic nitrogens is 2. The Morgan fingerprint density at radius 2 is 2.14 bits per heavy atom. The van der Waals surface area contributed by atoms with Crippen LogP contribution in [0.1, 0.15) is 35.0 Å². The summed E-state index contributed by atoms with van der Waals surface area (Å²) in [5.74, 6) is 1.43. The summed E-state index contributed by atoms with van der Waals surface area (Å²) in [6.45, 7) is 6.21. The van der Waals surface area contributed by atoms with Crippen LogP contribution >= 0.6 is 23.1 Å². The Morgan fingerprint density at radius 3 is 2.93 bits per heavy atom. The lowest BCUT2D eigenvalue weighted by Gasteiger charge is -2.32. The first kappa shape index (κ1) is 19.2. The molecule has 4 rings (SSSR count). The fraction of sp³-hybridized carbons (Fsp3) is 0.381. The quantitative estimate of drug-likeness (QED) is 0.596. The number of aryl methyl sites for hydroxylation is 1. The molecule has 1 atom stereocenters. The summed E-state index contributed by atoms with van der Waals surface area (Å²) >= 11 is 3.19. The number of para-hydroxylation sites is 1. The maximum absolute atomic E-state index is 13.3. The van der Waals surface area contributed by atoms with Crippen LogP contribution in [0.25, 0.3) is 10.2 Å². The van der Waals surface area contributed by atoms with Gasteiger partial charge in [0.25, 0.3) is 5.91 Å². The normalized spacial score (nSPS) is 17.1. The summed E-state index contributed by atoms with van der Waals surface area (Å²) < 4.78 is 0. The van der Waals surface area contributed by atoms with Crippen molar-refractivity contribution in [3.63, 3.8) is 0 Å². The molecule has 1 aliphatic heterocycles. The zero-order chi connectivity index (χ0) is 19.7. The van der Waals surface area contributed by atoms with Crippen molar-refractivity contribution in [3.8, 4) is 0 Å². The van der Waals surface area contributed by atoms with Crippen molar-refractivity contribution in [1.82, 2.24) is 9.97 Å². The molecule has 1 fully saturated rings. The molecule has 1 amide bonds. The number of nitrogens with zero attached hydrogens (tertiary/aromatic N) is 3. The van der Waals surface area contributed by atoms with Crippen LogP contribution in [0.5, 0.6) is 0 Å². The number of amides is 1. The lowest BCUT2D eigenvalue weighted by molar-refractivity contribution is 0.102. The fourth-order valence-corrected chi connectivity index (χ4v) is 5.39. The smallest absolute Gasteiger partial charge is 0.257 e. The molecule has 1 aliphatic rings. The maximum Gasteiger partial charge on any atom is 0.257 e. The number of hydrogen-bond acceptors (Lipinski definition) is 6. The van der Waals surface area contributed by atoms with Gasteiger partial charge in [-0.3, -0.25) is 4.79 Å². The molecule has 1 saturated heterocycles. The van der Waals surface area contributed by atoms with Crippen LogP contribution in [0.3, 0.4) is 0 Å². The average molecular weight is 413 g/mol. The predicted octanol–water partition coefficient (Wildman–Crippen LogP) is 5.21. The monoisotopic (exact) mass is 412 g/mol. The number of anilines is 2. The van der Waals surface area contributed by atoms with Gasteiger partial charge in [-0.15, -0.1) is 23.1 Å². The highest BCUT2D eigenvalue weighted by Crippen LogP contribution is 2.37. The van der Waals surface area contributed by atoms with Crippen LogP contribution in [-0.2, 0) is 0 Å². The van der Waals surface area contributed by atoms with E-state index in [1.165, 1.54) is 6.42 Å². The van der Waals surface area contributed by atoms with Gasteiger partial charge in [-0.05, 0) is 44.1 Å². The number of rotatable bonds is 4. The molecule has 0 radical (unpaired) electrons. The van der Waals surface area contributed by atoms with Crippen molar-refractivity contribution in [1.29, 1.82) is 0 Å². The Kier molecular flexibility index (Phi) is 5.55. The molecule has 2 aromatic heterocycles. The Morgan fingerprint density at radius 1 is 1.32 bits per heavy atom. The van der Waals surface area contributed by atoms with E-state index in [1.807, 2.05) is 37.4 Å². The Hall–Kier alpha value is -2.12. The minimum Gasteiger partial charge on any atom is -0.356 e.